The number of H-pyrrole nitrogens is 1. The number of hydrogen-bond acceptors (Lipinski definition) is 4. The van der Waals surface area contributed by atoms with E-state index in [0.29, 0.717) is 30.8 Å². The molecule has 2 heterocycles. The average Bonchev–Trinajstić information content (AvgIpc) is 2.75. The molecule has 0 radical (unpaired) electrons. The number of hydrogen-bond donors (Lipinski definition) is 2. The molecule has 0 bridgehead atoms. The first-order valence-corrected chi connectivity index (χ1v) is 9.88. The van der Waals surface area contributed by atoms with Gasteiger partial charge in [0, 0.05) is 25.1 Å². The first-order chi connectivity index (χ1) is 14.5. The smallest absolute Gasteiger partial charge is 0.322 e. The predicted octanol–water partition coefficient (Wildman–Crippen LogP) is 3.27. The Morgan fingerprint density at radius 3 is 2.80 bits per heavy atom. The van der Waals surface area contributed by atoms with Crippen LogP contribution in [0.1, 0.15) is 28.2 Å². The number of carbonyl (C=O) groups excluding carboxylic acids is 1. The maximum Gasteiger partial charge on any atom is 0.322 e. The zero-order valence-corrected chi connectivity index (χ0v) is 17.1. The van der Waals surface area contributed by atoms with Gasteiger partial charge in [0.15, 0.2) is 0 Å². The van der Waals surface area contributed by atoms with E-state index in [-0.39, 0.29) is 18.1 Å². The molecule has 0 fully saturated rings. The van der Waals surface area contributed by atoms with Gasteiger partial charge in [0.2, 0.25) is 0 Å². The first kappa shape index (κ1) is 19.7. The lowest BCUT2D eigenvalue weighted by Gasteiger charge is -2.28. The van der Waals surface area contributed by atoms with Gasteiger partial charge in [0.25, 0.3) is 5.56 Å². The standard InChI is InChI=1S/C23H24N4O3/c1-15-6-8-17(9-7-15)24-23(29)27-11-10-20-19(14-27)22(28)26-21(25-20)13-16-4-3-5-18(12-16)30-2/h3-9,12H,10-11,13-14H2,1-2H3,(H,24,29)(H,25,26,28). The minimum absolute atomic E-state index is 0.189. The maximum atomic E-state index is 12.7. The Kier molecular flexibility index (Phi) is 5.52. The minimum Gasteiger partial charge on any atom is -0.497 e. The number of aromatic nitrogens is 2. The highest BCUT2D eigenvalue weighted by Crippen LogP contribution is 2.18. The molecule has 0 aliphatic carbocycles. The SMILES string of the molecule is COc1cccc(Cc2nc3c(c(=O)[nH]2)CN(C(=O)Nc2ccc(C)cc2)CC3)c1. The highest BCUT2D eigenvalue weighted by Gasteiger charge is 2.24. The number of urea groups is 1. The maximum absolute atomic E-state index is 12.7. The van der Waals surface area contributed by atoms with Crippen molar-refractivity contribution < 1.29 is 9.53 Å². The molecule has 0 spiro atoms. The van der Waals surface area contributed by atoms with E-state index >= 15 is 0 Å². The summed E-state index contributed by atoms with van der Waals surface area (Å²) in [5, 5.41) is 2.89. The second-order valence-corrected chi connectivity index (χ2v) is 7.43. The molecule has 1 aliphatic rings. The van der Waals surface area contributed by atoms with Crippen LogP contribution in [0.5, 0.6) is 5.75 Å². The number of nitrogens with one attached hydrogen (secondary N) is 2. The van der Waals surface area contributed by atoms with E-state index in [1.807, 2.05) is 55.5 Å². The molecule has 2 N–H and O–H groups in total. The molecule has 0 saturated heterocycles. The van der Waals surface area contributed by atoms with Gasteiger partial charge in [-0.1, -0.05) is 29.8 Å². The summed E-state index contributed by atoms with van der Waals surface area (Å²) >= 11 is 0. The van der Waals surface area contributed by atoms with Crippen LogP contribution >= 0.6 is 0 Å². The average molecular weight is 404 g/mol. The summed E-state index contributed by atoms with van der Waals surface area (Å²) in [5.74, 6) is 1.38. The summed E-state index contributed by atoms with van der Waals surface area (Å²) < 4.78 is 5.25. The van der Waals surface area contributed by atoms with Gasteiger partial charge in [-0.25, -0.2) is 9.78 Å². The third-order valence-electron chi connectivity index (χ3n) is 5.21. The lowest BCUT2D eigenvalue weighted by molar-refractivity contribution is 0.205. The van der Waals surface area contributed by atoms with Gasteiger partial charge < -0.3 is 19.9 Å². The van der Waals surface area contributed by atoms with Gasteiger partial charge in [-0.3, -0.25) is 4.79 Å². The Hall–Kier alpha value is -3.61. The van der Waals surface area contributed by atoms with Crippen LogP contribution in [0.4, 0.5) is 10.5 Å². The van der Waals surface area contributed by atoms with Crippen LogP contribution in [-0.2, 0) is 19.4 Å². The third kappa shape index (κ3) is 4.35. The Morgan fingerprint density at radius 2 is 2.03 bits per heavy atom. The van der Waals surface area contributed by atoms with Crippen LogP contribution in [0.3, 0.4) is 0 Å². The molecule has 0 atom stereocenters. The highest BCUT2D eigenvalue weighted by atomic mass is 16.5. The summed E-state index contributed by atoms with van der Waals surface area (Å²) in [6.07, 6.45) is 1.06. The molecular weight excluding hydrogens is 380 g/mol. The van der Waals surface area contributed by atoms with E-state index in [9.17, 15) is 9.59 Å². The predicted molar refractivity (Wildman–Crippen MR) is 115 cm³/mol. The van der Waals surface area contributed by atoms with Crippen molar-refractivity contribution in [1.82, 2.24) is 14.9 Å². The number of fused-ring (bicyclic) bond motifs is 1. The minimum atomic E-state index is -0.218. The van der Waals surface area contributed by atoms with Crippen molar-refractivity contribution in [2.24, 2.45) is 0 Å². The van der Waals surface area contributed by atoms with Crippen LogP contribution in [0, 0.1) is 6.92 Å². The molecule has 7 nitrogen and oxygen atoms in total. The van der Waals surface area contributed by atoms with E-state index in [0.717, 1.165) is 28.3 Å². The van der Waals surface area contributed by atoms with Gasteiger partial charge in [-0.15, -0.1) is 0 Å². The fourth-order valence-corrected chi connectivity index (χ4v) is 3.55. The number of nitrogens with zero attached hydrogens (tertiary/aromatic N) is 2. The van der Waals surface area contributed by atoms with Gasteiger partial charge in [-0.05, 0) is 36.8 Å². The molecule has 2 aromatic carbocycles. The zero-order valence-electron chi connectivity index (χ0n) is 17.1. The third-order valence-corrected chi connectivity index (χ3v) is 5.21. The molecule has 2 amide bonds. The van der Waals surface area contributed by atoms with Crippen molar-refractivity contribution in [2.75, 3.05) is 19.0 Å². The highest BCUT2D eigenvalue weighted by molar-refractivity contribution is 5.89. The van der Waals surface area contributed by atoms with Gasteiger partial charge >= 0.3 is 6.03 Å². The number of rotatable bonds is 4. The molecule has 0 saturated carbocycles. The molecule has 1 aromatic heterocycles. The van der Waals surface area contributed by atoms with Gasteiger partial charge in [-0.2, -0.15) is 0 Å². The van der Waals surface area contributed by atoms with Crippen molar-refractivity contribution in [3.8, 4) is 5.75 Å². The largest absolute Gasteiger partial charge is 0.497 e. The van der Waals surface area contributed by atoms with Crippen molar-refractivity contribution in [2.45, 2.75) is 26.3 Å². The van der Waals surface area contributed by atoms with Crippen molar-refractivity contribution >= 4 is 11.7 Å². The summed E-state index contributed by atoms with van der Waals surface area (Å²) in [7, 11) is 1.62. The number of aromatic amines is 1. The Balaban J connectivity index is 1.48. The lowest BCUT2D eigenvalue weighted by Crippen LogP contribution is -2.42. The summed E-state index contributed by atoms with van der Waals surface area (Å²) in [5.41, 5.74) is 3.99. The number of anilines is 1. The molecule has 3 aromatic rings. The van der Waals surface area contributed by atoms with Crippen LogP contribution in [0.2, 0.25) is 0 Å². The molecule has 154 valence electrons. The molecule has 7 heteroatoms. The summed E-state index contributed by atoms with van der Waals surface area (Å²) in [6, 6.07) is 15.1. The molecule has 0 unspecified atom stereocenters. The van der Waals surface area contributed by atoms with Crippen molar-refractivity contribution in [3.05, 3.63) is 87.1 Å². The Bertz CT molecular complexity index is 1120. The second kappa shape index (κ2) is 8.41. The topological polar surface area (TPSA) is 87.3 Å². The monoisotopic (exact) mass is 404 g/mol. The van der Waals surface area contributed by atoms with Crippen molar-refractivity contribution in [3.63, 3.8) is 0 Å². The molecule has 30 heavy (non-hydrogen) atoms. The van der Waals surface area contributed by atoms with E-state index in [1.54, 1.807) is 12.0 Å². The van der Waals surface area contributed by atoms with E-state index in [4.69, 9.17) is 4.74 Å². The van der Waals surface area contributed by atoms with Crippen LogP contribution in [-0.4, -0.2) is 34.6 Å². The summed E-state index contributed by atoms with van der Waals surface area (Å²) in [6.45, 7) is 2.75. The number of ether oxygens (including phenoxy) is 1. The number of methoxy groups -OCH3 is 1. The Labute approximate surface area is 174 Å². The van der Waals surface area contributed by atoms with E-state index in [1.165, 1.54) is 0 Å². The number of benzene rings is 2. The Morgan fingerprint density at radius 1 is 1.23 bits per heavy atom. The number of carbonyl (C=O) groups is 1. The number of amides is 2. The quantitative estimate of drug-likeness (QED) is 0.699. The van der Waals surface area contributed by atoms with Crippen LogP contribution in [0.25, 0.3) is 0 Å². The van der Waals surface area contributed by atoms with E-state index < -0.39 is 0 Å². The fourth-order valence-electron chi connectivity index (χ4n) is 3.55. The first-order valence-electron chi connectivity index (χ1n) is 9.88. The summed E-state index contributed by atoms with van der Waals surface area (Å²) in [4.78, 5) is 34.5. The molecule has 1 aliphatic heterocycles. The lowest BCUT2D eigenvalue weighted by atomic mass is 10.1. The fraction of sp³-hybridized carbons (Fsp3) is 0.261. The zero-order chi connectivity index (χ0) is 21.1. The molecule has 4 rings (SSSR count). The second-order valence-electron chi connectivity index (χ2n) is 7.43. The van der Waals surface area contributed by atoms with Crippen LogP contribution < -0.4 is 15.6 Å². The van der Waals surface area contributed by atoms with E-state index in [2.05, 4.69) is 15.3 Å². The van der Waals surface area contributed by atoms with Crippen molar-refractivity contribution in [1.29, 1.82) is 0 Å². The van der Waals surface area contributed by atoms with Gasteiger partial charge in [0.1, 0.15) is 11.6 Å². The number of aryl methyl sites for hydroxylation is 1. The normalized spacial score (nSPS) is 12.9. The van der Waals surface area contributed by atoms with Crippen LogP contribution in [0.15, 0.2) is 53.3 Å². The van der Waals surface area contributed by atoms with Gasteiger partial charge in [0.05, 0.1) is 24.9 Å². The molecular formula is C23H24N4O3.